The van der Waals surface area contributed by atoms with E-state index in [0.717, 1.165) is 36.1 Å². The van der Waals surface area contributed by atoms with Gasteiger partial charge in [-0.2, -0.15) is 0 Å². The standard InChI is InChI=1S/C15H22N2O2/c1-10(2)12-9-11(5-6-13(12)19-3)15(7-4-8-15)14(18)17-16/h5-6,9-10H,4,7-8,16H2,1-3H3,(H,17,18). The minimum Gasteiger partial charge on any atom is -0.496 e. The fraction of sp³-hybridized carbons (Fsp3) is 0.533. The highest BCUT2D eigenvalue weighted by Crippen LogP contribution is 2.45. The van der Waals surface area contributed by atoms with Crippen molar-refractivity contribution in [1.82, 2.24) is 5.43 Å². The van der Waals surface area contributed by atoms with Gasteiger partial charge in [0.05, 0.1) is 12.5 Å². The number of rotatable bonds is 4. The molecule has 0 saturated heterocycles. The monoisotopic (exact) mass is 262 g/mol. The van der Waals surface area contributed by atoms with Crippen LogP contribution in [0.3, 0.4) is 0 Å². The second kappa shape index (κ2) is 5.21. The molecule has 0 aliphatic heterocycles. The summed E-state index contributed by atoms with van der Waals surface area (Å²) in [6.45, 7) is 4.25. The van der Waals surface area contributed by atoms with E-state index in [1.165, 1.54) is 0 Å². The van der Waals surface area contributed by atoms with E-state index in [9.17, 15) is 4.79 Å². The molecule has 1 fully saturated rings. The van der Waals surface area contributed by atoms with Gasteiger partial charge in [0.25, 0.3) is 0 Å². The molecule has 1 saturated carbocycles. The first-order chi connectivity index (χ1) is 9.05. The third-order valence-corrected chi connectivity index (χ3v) is 4.18. The second-order valence-corrected chi connectivity index (χ2v) is 5.52. The van der Waals surface area contributed by atoms with E-state index >= 15 is 0 Å². The van der Waals surface area contributed by atoms with Gasteiger partial charge in [0.1, 0.15) is 5.75 Å². The first kappa shape index (κ1) is 13.9. The highest BCUT2D eigenvalue weighted by atomic mass is 16.5. The van der Waals surface area contributed by atoms with Crippen molar-refractivity contribution in [2.75, 3.05) is 7.11 Å². The summed E-state index contributed by atoms with van der Waals surface area (Å²) in [5.41, 5.74) is 4.06. The van der Waals surface area contributed by atoms with Crippen LogP contribution in [-0.2, 0) is 10.2 Å². The molecule has 1 aliphatic rings. The number of carbonyl (C=O) groups excluding carboxylic acids is 1. The second-order valence-electron chi connectivity index (χ2n) is 5.52. The number of ether oxygens (including phenoxy) is 1. The average molecular weight is 262 g/mol. The maximum Gasteiger partial charge on any atom is 0.244 e. The molecule has 1 aliphatic carbocycles. The summed E-state index contributed by atoms with van der Waals surface area (Å²) in [4.78, 5) is 12.1. The Morgan fingerprint density at radius 3 is 2.53 bits per heavy atom. The topological polar surface area (TPSA) is 64.3 Å². The maximum atomic E-state index is 12.1. The van der Waals surface area contributed by atoms with Crippen molar-refractivity contribution in [3.63, 3.8) is 0 Å². The molecule has 3 N–H and O–H groups in total. The summed E-state index contributed by atoms with van der Waals surface area (Å²) in [5.74, 6) is 6.48. The Bertz CT molecular complexity index is 479. The van der Waals surface area contributed by atoms with Gasteiger partial charge in [-0.05, 0) is 36.0 Å². The molecule has 4 nitrogen and oxygen atoms in total. The molecule has 2 rings (SSSR count). The molecule has 1 amide bonds. The van der Waals surface area contributed by atoms with E-state index in [1.807, 2.05) is 12.1 Å². The molecule has 0 spiro atoms. The third kappa shape index (κ3) is 2.21. The number of nitrogens with one attached hydrogen (secondary N) is 1. The molecule has 1 aromatic rings. The van der Waals surface area contributed by atoms with Crippen molar-refractivity contribution >= 4 is 5.91 Å². The molecule has 19 heavy (non-hydrogen) atoms. The minimum absolute atomic E-state index is 0.0846. The molecule has 1 aromatic carbocycles. The third-order valence-electron chi connectivity index (χ3n) is 4.18. The number of carbonyl (C=O) groups is 1. The zero-order chi connectivity index (χ0) is 14.0. The van der Waals surface area contributed by atoms with Crippen LogP contribution in [0.1, 0.15) is 50.2 Å². The Labute approximate surface area is 114 Å². The van der Waals surface area contributed by atoms with Gasteiger partial charge in [0.15, 0.2) is 0 Å². The van der Waals surface area contributed by atoms with Gasteiger partial charge in [-0.3, -0.25) is 10.2 Å². The number of amides is 1. The van der Waals surface area contributed by atoms with E-state index in [-0.39, 0.29) is 5.91 Å². The molecule has 104 valence electrons. The lowest BCUT2D eigenvalue weighted by molar-refractivity contribution is -0.130. The van der Waals surface area contributed by atoms with Crippen molar-refractivity contribution in [3.8, 4) is 5.75 Å². The first-order valence-corrected chi connectivity index (χ1v) is 6.74. The van der Waals surface area contributed by atoms with Gasteiger partial charge in [0.2, 0.25) is 5.91 Å². The SMILES string of the molecule is COc1ccc(C2(C(=O)NN)CCC2)cc1C(C)C. The molecular formula is C15H22N2O2. The van der Waals surface area contributed by atoms with Crippen LogP contribution in [-0.4, -0.2) is 13.0 Å². The highest BCUT2D eigenvalue weighted by molar-refractivity contribution is 5.88. The van der Waals surface area contributed by atoms with Crippen molar-refractivity contribution < 1.29 is 9.53 Å². The Hall–Kier alpha value is -1.55. The number of hydrazine groups is 1. The molecule has 0 atom stereocenters. The van der Waals surface area contributed by atoms with Crippen LogP contribution in [0.15, 0.2) is 18.2 Å². The quantitative estimate of drug-likeness (QED) is 0.497. The molecule has 0 unspecified atom stereocenters. The number of nitrogens with two attached hydrogens (primary N) is 1. The van der Waals surface area contributed by atoms with Gasteiger partial charge in [-0.25, -0.2) is 5.84 Å². The molecule has 0 radical (unpaired) electrons. The predicted molar refractivity (Wildman–Crippen MR) is 74.9 cm³/mol. The molecule has 4 heteroatoms. The normalized spacial score (nSPS) is 16.9. The average Bonchev–Trinajstić information content (AvgIpc) is 2.36. The van der Waals surface area contributed by atoms with E-state index < -0.39 is 5.41 Å². The summed E-state index contributed by atoms with van der Waals surface area (Å²) in [6.07, 6.45) is 2.79. The number of methoxy groups -OCH3 is 1. The Balaban J connectivity index is 2.45. The van der Waals surface area contributed by atoms with Crippen LogP contribution >= 0.6 is 0 Å². The lowest BCUT2D eigenvalue weighted by Gasteiger charge is -2.40. The van der Waals surface area contributed by atoms with Gasteiger partial charge >= 0.3 is 0 Å². The molecule has 0 aromatic heterocycles. The number of hydrogen-bond acceptors (Lipinski definition) is 3. The fourth-order valence-corrected chi connectivity index (χ4v) is 2.80. The minimum atomic E-state index is -0.440. The van der Waals surface area contributed by atoms with Crippen molar-refractivity contribution in [3.05, 3.63) is 29.3 Å². The van der Waals surface area contributed by atoms with Crippen LogP contribution < -0.4 is 16.0 Å². The van der Waals surface area contributed by atoms with Gasteiger partial charge in [-0.1, -0.05) is 32.4 Å². The Kier molecular flexibility index (Phi) is 3.80. The van der Waals surface area contributed by atoms with E-state index in [2.05, 4.69) is 25.3 Å². The van der Waals surface area contributed by atoms with Crippen LogP contribution in [0.4, 0.5) is 0 Å². The Morgan fingerprint density at radius 2 is 2.11 bits per heavy atom. The zero-order valence-electron chi connectivity index (χ0n) is 11.8. The lowest BCUT2D eigenvalue weighted by atomic mass is 9.63. The summed E-state index contributed by atoms with van der Waals surface area (Å²) in [6, 6.07) is 6.03. The first-order valence-electron chi connectivity index (χ1n) is 6.74. The maximum absolute atomic E-state index is 12.1. The summed E-state index contributed by atoms with van der Waals surface area (Å²) < 4.78 is 5.39. The van der Waals surface area contributed by atoms with Crippen LogP contribution in [0, 0.1) is 0 Å². The fourth-order valence-electron chi connectivity index (χ4n) is 2.80. The van der Waals surface area contributed by atoms with Crippen LogP contribution in [0.2, 0.25) is 0 Å². The number of benzene rings is 1. The van der Waals surface area contributed by atoms with Gasteiger partial charge in [-0.15, -0.1) is 0 Å². The van der Waals surface area contributed by atoms with Crippen molar-refractivity contribution in [2.24, 2.45) is 5.84 Å². The van der Waals surface area contributed by atoms with Gasteiger partial charge in [0, 0.05) is 0 Å². The molecule has 0 bridgehead atoms. The van der Waals surface area contributed by atoms with E-state index in [0.29, 0.717) is 5.92 Å². The van der Waals surface area contributed by atoms with Crippen molar-refractivity contribution in [1.29, 1.82) is 0 Å². The smallest absolute Gasteiger partial charge is 0.244 e. The molecular weight excluding hydrogens is 240 g/mol. The number of hydrogen-bond donors (Lipinski definition) is 2. The Morgan fingerprint density at radius 1 is 1.42 bits per heavy atom. The largest absolute Gasteiger partial charge is 0.496 e. The van der Waals surface area contributed by atoms with E-state index in [4.69, 9.17) is 10.6 Å². The summed E-state index contributed by atoms with van der Waals surface area (Å²) in [7, 11) is 1.67. The van der Waals surface area contributed by atoms with Crippen LogP contribution in [0.5, 0.6) is 5.75 Å². The van der Waals surface area contributed by atoms with Gasteiger partial charge < -0.3 is 4.74 Å². The predicted octanol–water partition coefficient (Wildman–Crippen LogP) is 2.23. The van der Waals surface area contributed by atoms with E-state index in [1.54, 1.807) is 7.11 Å². The van der Waals surface area contributed by atoms with Crippen molar-refractivity contribution in [2.45, 2.75) is 44.4 Å². The molecule has 0 heterocycles. The lowest BCUT2D eigenvalue weighted by Crippen LogP contribution is -2.51. The van der Waals surface area contributed by atoms with Crippen LogP contribution in [0.25, 0.3) is 0 Å². The highest BCUT2D eigenvalue weighted by Gasteiger charge is 2.45. The summed E-state index contributed by atoms with van der Waals surface area (Å²) in [5, 5.41) is 0. The summed E-state index contributed by atoms with van der Waals surface area (Å²) >= 11 is 0. The zero-order valence-corrected chi connectivity index (χ0v) is 11.8.